The van der Waals surface area contributed by atoms with Crippen molar-refractivity contribution >= 4 is 33.1 Å². The predicted octanol–water partition coefficient (Wildman–Crippen LogP) is 1.88. The molecule has 0 aromatic heterocycles. The fourth-order valence-corrected chi connectivity index (χ4v) is 3.87. The molecule has 1 aliphatic rings. The van der Waals surface area contributed by atoms with Gasteiger partial charge in [-0.25, -0.2) is 13.2 Å². The molecule has 1 aromatic carbocycles. The zero-order valence-corrected chi connectivity index (χ0v) is 10.6. The average molecular weight is 270 g/mol. The van der Waals surface area contributed by atoms with Crippen LogP contribution in [0.25, 0.3) is 5.57 Å². The van der Waals surface area contributed by atoms with Crippen LogP contribution < -0.4 is 0 Å². The van der Waals surface area contributed by atoms with E-state index in [9.17, 15) is 13.2 Å². The van der Waals surface area contributed by atoms with E-state index in [0.29, 0.717) is 16.9 Å². The number of aromatic carboxylic acids is 1. The molecular weight excluding hydrogens is 260 g/mol. The Morgan fingerprint density at radius 3 is 2.71 bits per heavy atom. The Morgan fingerprint density at radius 1 is 1.41 bits per heavy atom. The zero-order chi connectivity index (χ0) is 12.6. The molecule has 0 aliphatic carbocycles. The van der Waals surface area contributed by atoms with E-state index >= 15 is 0 Å². The van der Waals surface area contributed by atoms with E-state index < -0.39 is 15.8 Å². The molecule has 1 heterocycles. The number of fused-ring (bicyclic) bond motifs is 1. The maximum Gasteiger partial charge on any atom is 0.335 e. The average Bonchev–Trinajstić information content (AvgIpc) is 2.51. The van der Waals surface area contributed by atoms with E-state index in [2.05, 4.69) is 0 Å². The maximum absolute atomic E-state index is 11.8. The fraction of sp³-hybridized carbons (Fsp3) is 0.182. The van der Waals surface area contributed by atoms with E-state index in [0.717, 1.165) is 0 Å². The van der Waals surface area contributed by atoms with Gasteiger partial charge in [-0.15, -0.1) is 0 Å². The SMILES string of the molecule is CSCC1=CS(=O)(=O)c2ccc(C(=O)O)cc21. The second kappa shape index (κ2) is 4.19. The van der Waals surface area contributed by atoms with Crippen molar-refractivity contribution in [3.63, 3.8) is 0 Å². The Balaban J connectivity index is 2.62. The molecule has 1 aromatic rings. The molecule has 0 fully saturated rings. The molecule has 1 N–H and O–H groups in total. The van der Waals surface area contributed by atoms with Crippen LogP contribution in [0.2, 0.25) is 0 Å². The van der Waals surface area contributed by atoms with Gasteiger partial charge in [0.2, 0.25) is 9.84 Å². The Labute approximate surface area is 103 Å². The number of rotatable bonds is 3. The number of thioether (sulfide) groups is 1. The molecular formula is C11H10O4S2. The molecule has 6 heteroatoms. The van der Waals surface area contributed by atoms with Crippen LogP contribution in [0.3, 0.4) is 0 Å². The summed E-state index contributed by atoms with van der Waals surface area (Å²) in [5, 5.41) is 10.1. The van der Waals surface area contributed by atoms with Gasteiger partial charge >= 0.3 is 5.97 Å². The second-order valence-corrected chi connectivity index (χ2v) is 6.27. The molecule has 0 saturated carbocycles. The van der Waals surface area contributed by atoms with E-state index in [1.54, 1.807) is 0 Å². The Hall–Kier alpha value is -1.27. The first kappa shape index (κ1) is 12.2. The Kier molecular flexibility index (Phi) is 3.01. The third kappa shape index (κ3) is 2.10. The summed E-state index contributed by atoms with van der Waals surface area (Å²) in [6.45, 7) is 0. The normalized spacial score (nSPS) is 16.4. The van der Waals surface area contributed by atoms with Gasteiger partial charge in [-0.2, -0.15) is 11.8 Å². The van der Waals surface area contributed by atoms with Crippen LogP contribution in [0, 0.1) is 0 Å². The molecule has 0 bridgehead atoms. The summed E-state index contributed by atoms with van der Waals surface area (Å²) >= 11 is 1.50. The number of carboxylic acid groups (broad SMARTS) is 1. The summed E-state index contributed by atoms with van der Waals surface area (Å²) in [4.78, 5) is 11.1. The highest BCUT2D eigenvalue weighted by molar-refractivity contribution is 7.99. The number of hydrogen-bond donors (Lipinski definition) is 1. The van der Waals surface area contributed by atoms with Crippen molar-refractivity contribution in [1.82, 2.24) is 0 Å². The molecule has 2 rings (SSSR count). The molecule has 0 atom stereocenters. The van der Waals surface area contributed by atoms with Crippen LogP contribution in [0.1, 0.15) is 15.9 Å². The highest BCUT2D eigenvalue weighted by atomic mass is 32.2. The lowest BCUT2D eigenvalue weighted by molar-refractivity contribution is 0.0696. The van der Waals surface area contributed by atoms with Gasteiger partial charge in [-0.1, -0.05) is 0 Å². The van der Waals surface area contributed by atoms with Crippen LogP contribution in [-0.4, -0.2) is 31.5 Å². The lowest BCUT2D eigenvalue weighted by atomic mass is 10.1. The third-order valence-electron chi connectivity index (χ3n) is 2.48. The number of hydrogen-bond acceptors (Lipinski definition) is 4. The van der Waals surface area contributed by atoms with Gasteiger partial charge in [0.05, 0.1) is 10.5 Å². The lowest BCUT2D eigenvalue weighted by Crippen LogP contribution is -2.00. The van der Waals surface area contributed by atoms with Crippen molar-refractivity contribution in [2.75, 3.05) is 12.0 Å². The van der Waals surface area contributed by atoms with Crippen LogP contribution in [0.4, 0.5) is 0 Å². The lowest BCUT2D eigenvalue weighted by Gasteiger charge is -2.04. The number of benzene rings is 1. The number of carbonyl (C=O) groups is 1. The number of carboxylic acids is 1. The van der Waals surface area contributed by atoms with Crippen molar-refractivity contribution in [2.45, 2.75) is 4.90 Å². The minimum Gasteiger partial charge on any atom is -0.478 e. The van der Waals surface area contributed by atoms with Gasteiger partial charge in [-0.05, 0) is 35.6 Å². The first-order valence-corrected chi connectivity index (χ1v) is 7.72. The molecule has 0 saturated heterocycles. The van der Waals surface area contributed by atoms with Gasteiger partial charge in [0.25, 0.3) is 0 Å². The first-order chi connectivity index (χ1) is 7.95. The Bertz CT molecular complexity index is 614. The fourth-order valence-electron chi connectivity index (χ4n) is 1.74. The molecule has 17 heavy (non-hydrogen) atoms. The summed E-state index contributed by atoms with van der Waals surface area (Å²) in [6, 6.07) is 4.09. The molecule has 1 aliphatic heterocycles. The topological polar surface area (TPSA) is 71.4 Å². The van der Waals surface area contributed by atoms with E-state index in [1.807, 2.05) is 6.26 Å². The molecule has 0 spiro atoms. The van der Waals surface area contributed by atoms with Crippen LogP contribution in [0.15, 0.2) is 28.5 Å². The highest BCUT2D eigenvalue weighted by Crippen LogP contribution is 2.35. The highest BCUT2D eigenvalue weighted by Gasteiger charge is 2.27. The van der Waals surface area contributed by atoms with Crippen molar-refractivity contribution in [3.8, 4) is 0 Å². The van der Waals surface area contributed by atoms with Crippen molar-refractivity contribution in [2.24, 2.45) is 0 Å². The van der Waals surface area contributed by atoms with Gasteiger partial charge in [0, 0.05) is 11.2 Å². The van der Waals surface area contributed by atoms with Gasteiger partial charge in [0.1, 0.15) is 0 Å². The van der Waals surface area contributed by atoms with E-state index in [1.165, 1.54) is 35.4 Å². The second-order valence-electron chi connectivity index (χ2n) is 3.64. The van der Waals surface area contributed by atoms with Gasteiger partial charge in [0.15, 0.2) is 0 Å². The minimum absolute atomic E-state index is 0.104. The smallest absolute Gasteiger partial charge is 0.335 e. The zero-order valence-electron chi connectivity index (χ0n) is 9.00. The van der Waals surface area contributed by atoms with E-state index in [4.69, 9.17) is 5.11 Å². The third-order valence-corrected chi connectivity index (χ3v) is 4.64. The summed E-state index contributed by atoms with van der Waals surface area (Å²) < 4.78 is 23.6. The predicted molar refractivity (Wildman–Crippen MR) is 66.9 cm³/mol. The quantitative estimate of drug-likeness (QED) is 0.908. The van der Waals surface area contributed by atoms with Crippen molar-refractivity contribution < 1.29 is 18.3 Å². The van der Waals surface area contributed by atoms with Crippen LogP contribution in [0.5, 0.6) is 0 Å². The summed E-state index contributed by atoms with van der Waals surface area (Å²) in [5.74, 6) is -0.504. The van der Waals surface area contributed by atoms with Crippen molar-refractivity contribution in [1.29, 1.82) is 0 Å². The molecule has 0 amide bonds. The largest absolute Gasteiger partial charge is 0.478 e. The molecule has 0 unspecified atom stereocenters. The standard InChI is InChI=1S/C11H10O4S2/c1-16-5-8-6-17(14,15)10-3-2-7(11(12)13)4-9(8)10/h2-4,6H,5H2,1H3,(H,12,13). The van der Waals surface area contributed by atoms with Crippen molar-refractivity contribution in [3.05, 3.63) is 34.7 Å². The molecule has 90 valence electrons. The summed E-state index contributed by atoms with van der Waals surface area (Å²) in [6.07, 6.45) is 1.87. The maximum atomic E-state index is 11.8. The molecule has 0 radical (unpaired) electrons. The summed E-state index contributed by atoms with van der Waals surface area (Å²) in [7, 11) is -3.39. The number of sulfone groups is 1. The first-order valence-electron chi connectivity index (χ1n) is 4.78. The Morgan fingerprint density at radius 2 is 2.12 bits per heavy atom. The molecule has 4 nitrogen and oxygen atoms in total. The van der Waals surface area contributed by atoms with Gasteiger partial charge < -0.3 is 5.11 Å². The van der Waals surface area contributed by atoms with E-state index in [-0.39, 0.29) is 10.5 Å². The minimum atomic E-state index is -3.39. The monoisotopic (exact) mass is 270 g/mol. The van der Waals surface area contributed by atoms with Crippen LogP contribution >= 0.6 is 11.8 Å². The van der Waals surface area contributed by atoms with Crippen LogP contribution in [-0.2, 0) is 9.84 Å². The summed E-state index contributed by atoms with van der Waals surface area (Å²) in [5.41, 5.74) is 1.28. The van der Waals surface area contributed by atoms with Gasteiger partial charge in [-0.3, -0.25) is 0 Å².